The summed E-state index contributed by atoms with van der Waals surface area (Å²) in [5.74, 6) is 0.849. The molecule has 5 aromatic rings. The van der Waals surface area contributed by atoms with E-state index >= 15 is 0 Å². The average molecular weight is 456 g/mol. The lowest BCUT2D eigenvalue weighted by Crippen LogP contribution is -2.15. The number of ether oxygens (including phenoxy) is 1. The monoisotopic (exact) mass is 455 g/mol. The maximum Gasteiger partial charge on any atom is 0.216 e. The summed E-state index contributed by atoms with van der Waals surface area (Å²) in [6.07, 6.45) is 4.76. The Morgan fingerprint density at radius 3 is 2.20 bits per heavy atom. The van der Waals surface area contributed by atoms with Gasteiger partial charge in [-0.3, -0.25) is 0 Å². The molecule has 0 fully saturated rings. The average Bonchev–Trinajstić information content (AvgIpc) is 2.93. The molecule has 2 nitrogen and oxygen atoms in total. The maximum atomic E-state index is 5.85. The van der Waals surface area contributed by atoms with Gasteiger partial charge in [0.1, 0.15) is 0 Å². The molecule has 35 heavy (non-hydrogen) atoms. The van der Waals surface area contributed by atoms with Gasteiger partial charge in [0.05, 0.1) is 7.11 Å². The number of pyridine rings is 1. The van der Waals surface area contributed by atoms with Gasteiger partial charge in [-0.05, 0) is 45.9 Å². The third-order valence-corrected chi connectivity index (χ3v) is 6.72. The predicted octanol–water partition coefficient (Wildman–Crippen LogP) is 8.40. The van der Waals surface area contributed by atoms with Crippen LogP contribution in [0.3, 0.4) is 0 Å². The highest BCUT2D eigenvalue weighted by Crippen LogP contribution is 2.46. The van der Waals surface area contributed by atoms with Gasteiger partial charge in [0, 0.05) is 23.2 Å². The molecule has 172 valence electrons. The maximum absolute atomic E-state index is 5.85. The van der Waals surface area contributed by atoms with Crippen molar-refractivity contribution in [3.05, 3.63) is 145 Å². The van der Waals surface area contributed by atoms with Crippen LogP contribution in [-0.4, -0.2) is 12.1 Å². The summed E-state index contributed by atoms with van der Waals surface area (Å²) in [6.45, 7) is 4.14. The Balaban J connectivity index is 1.76. The minimum Gasteiger partial charge on any atom is -0.481 e. The number of methoxy groups -OCH3 is 1. The number of nitrogens with zero attached hydrogens (tertiary/aromatic N) is 1. The first-order chi connectivity index (χ1) is 17.3. The zero-order valence-electron chi connectivity index (χ0n) is 20.0. The minimum absolute atomic E-state index is 0.0334. The molecular weight excluding hydrogens is 426 g/mol. The first kappa shape index (κ1) is 22.6. The molecule has 0 saturated heterocycles. The zero-order chi connectivity index (χ0) is 24.0. The predicted molar refractivity (Wildman–Crippen MR) is 146 cm³/mol. The van der Waals surface area contributed by atoms with E-state index in [4.69, 9.17) is 9.72 Å². The molecule has 0 spiro atoms. The summed E-state index contributed by atoms with van der Waals surface area (Å²) < 4.78 is 5.85. The van der Waals surface area contributed by atoms with E-state index in [9.17, 15) is 0 Å². The molecule has 5 rings (SSSR count). The van der Waals surface area contributed by atoms with E-state index in [2.05, 4.69) is 110 Å². The number of benzene rings is 4. The Kier molecular flexibility index (Phi) is 6.72. The second-order valence-corrected chi connectivity index (χ2v) is 8.78. The Morgan fingerprint density at radius 1 is 0.771 bits per heavy atom. The lowest BCUT2D eigenvalue weighted by atomic mass is 9.74. The summed E-state index contributed by atoms with van der Waals surface area (Å²) >= 11 is 0. The second kappa shape index (κ2) is 10.4. The van der Waals surface area contributed by atoms with Gasteiger partial charge in [-0.2, -0.15) is 0 Å². The van der Waals surface area contributed by atoms with Gasteiger partial charge in [-0.25, -0.2) is 4.98 Å². The highest BCUT2D eigenvalue weighted by molar-refractivity contribution is 5.86. The van der Waals surface area contributed by atoms with Gasteiger partial charge < -0.3 is 4.74 Å². The van der Waals surface area contributed by atoms with Crippen LogP contribution >= 0.6 is 0 Å². The Labute approximate surface area is 207 Å². The van der Waals surface area contributed by atoms with Crippen molar-refractivity contribution < 1.29 is 4.74 Å². The molecule has 0 radical (unpaired) electrons. The summed E-state index contributed by atoms with van der Waals surface area (Å²) in [6, 6.07) is 38.6. The molecule has 0 aliphatic rings. The summed E-state index contributed by atoms with van der Waals surface area (Å²) in [4.78, 5) is 4.77. The fourth-order valence-corrected chi connectivity index (χ4v) is 5.14. The number of hydrogen-bond donors (Lipinski definition) is 0. The molecule has 1 aromatic heterocycles. The SMILES string of the molecule is C=CCC(c1cccc2ccccc12)C(c1ccccc1)c1cc(-c2ccccc2)cnc1OC. The minimum atomic E-state index is 0.0334. The van der Waals surface area contributed by atoms with Crippen molar-refractivity contribution >= 4 is 10.8 Å². The van der Waals surface area contributed by atoms with E-state index in [1.165, 1.54) is 21.9 Å². The third kappa shape index (κ3) is 4.61. The van der Waals surface area contributed by atoms with Gasteiger partial charge in [-0.15, -0.1) is 6.58 Å². The van der Waals surface area contributed by atoms with Gasteiger partial charge in [0.15, 0.2) is 0 Å². The fraction of sp³-hybridized carbons (Fsp3) is 0.121. The van der Waals surface area contributed by atoms with Crippen LogP contribution < -0.4 is 4.74 Å². The highest BCUT2D eigenvalue weighted by Gasteiger charge is 2.30. The Bertz CT molecular complexity index is 1420. The van der Waals surface area contributed by atoms with Crippen molar-refractivity contribution in [2.45, 2.75) is 18.3 Å². The van der Waals surface area contributed by atoms with Gasteiger partial charge >= 0.3 is 0 Å². The van der Waals surface area contributed by atoms with Crippen LogP contribution in [0.4, 0.5) is 0 Å². The standard InChI is InChI=1S/C33H29NO/c1-3-13-30(29-21-12-19-25-16-10-11-20-28(25)29)32(26-17-8-5-9-18-26)31-22-27(23-34-33(31)35-2)24-14-6-4-7-15-24/h3-12,14-23,30,32H,1,13H2,2H3. The molecule has 2 heteroatoms. The quantitative estimate of drug-likeness (QED) is 0.219. The van der Waals surface area contributed by atoms with E-state index in [0.717, 1.165) is 23.1 Å². The van der Waals surface area contributed by atoms with E-state index in [1.807, 2.05) is 18.3 Å². The molecule has 0 saturated carbocycles. The van der Waals surface area contributed by atoms with Crippen LogP contribution in [0.15, 0.2) is 128 Å². The number of fused-ring (bicyclic) bond motifs is 1. The number of rotatable bonds is 8. The van der Waals surface area contributed by atoms with Gasteiger partial charge in [0.2, 0.25) is 5.88 Å². The topological polar surface area (TPSA) is 22.1 Å². The zero-order valence-corrected chi connectivity index (χ0v) is 20.0. The molecule has 0 aliphatic carbocycles. The molecule has 0 amide bonds. The van der Waals surface area contributed by atoms with E-state index in [0.29, 0.717) is 5.88 Å². The van der Waals surface area contributed by atoms with Crippen LogP contribution in [0.25, 0.3) is 21.9 Å². The highest BCUT2D eigenvalue weighted by atomic mass is 16.5. The first-order valence-electron chi connectivity index (χ1n) is 12.0. The molecular formula is C33H29NO. The lowest BCUT2D eigenvalue weighted by molar-refractivity contribution is 0.387. The van der Waals surface area contributed by atoms with Crippen molar-refractivity contribution in [2.75, 3.05) is 7.11 Å². The summed E-state index contributed by atoms with van der Waals surface area (Å²) in [7, 11) is 1.70. The molecule has 1 heterocycles. The van der Waals surface area contributed by atoms with Crippen molar-refractivity contribution in [1.82, 2.24) is 4.98 Å². The van der Waals surface area contributed by atoms with Crippen molar-refractivity contribution in [3.8, 4) is 17.0 Å². The molecule has 4 aromatic carbocycles. The molecule has 2 unspecified atom stereocenters. The molecule has 0 aliphatic heterocycles. The molecule has 0 N–H and O–H groups in total. The Hall–Kier alpha value is -4.17. The van der Waals surface area contributed by atoms with Crippen LogP contribution in [0, 0.1) is 0 Å². The van der Waals surface area contributed by atoms with Crippen molar-refractivity contribution in [2.24, 2.45) is 0 Å². The van der Waals surface area contributed by atoms with Gasteiger partial charge in [0.25, 0.3) is 0 Å². The second-order valence-electron chi connectivity index (χ2n) is 8.78. The fourth-order valence-electron chi connectivity index (χ4n) is 5.14. The largest absolute Gasteiger partial charge is 0.481 e. The molecule has 0 bridgehead atoms. The van der Waals surface area contributed by atoms with Crippen LogP contribution in [0.2, 0.25) is 0 Å². The van der Waals surface area contributed by atoms with Crippen molar-refractivity contribution in [1.29, 1.82) is 0 Å². The van der Waals surface area contributed by atoms with E-state index in [1.54, 1.807) is 7.11 Å². The van der Waals surface area contributed by atoms with E-state index in [-0.39, 0.29) is 11.8 Å². The van der Waals surface area contributed by atoms with E-state index < -0.39 is 0 Å². The normalized spacial score (nSPS) is 12.7. The number of hydrogen-bond acceptors (Lipinski definition) is 2. The summed E-state index contributed by atoms with van der Waals surface area (Å²) in [5, 5.41) is 2.52. The van der Waals surface area contributed by atoms with Crippen LogP contribution in [0.1, 0.15) is 34.9 Å². The van der Waals surface area contributed by atoms with Crippen LogP contribution in [-0.2, 0) is 0 Å². The van der Waals surface area contributed by atoms with Crippen molar-refractivity contribution in [3.63, 3.8) is 0 Å². The number of aromatic nitrogens is 1. The van der Waals surface area contributed by atoms with Gasteiger partial charge in [-0.1, -0.05) is 109 Å². The van der Waals surface area contributed by atoms with Crippen LogP contribution in [0.5, 0.6) is 5.88 Å². The lowest BCUT2D eigenvalue weighted by Gasteiger charge is -2.30. The Morgan fingerprint density at radius 2 is 1.46 bits per heavy atom. The smallest absolute Gasteiger partial charge is 0.216 e. The number of allylic oxidation sites excluding steroid dienone is 1. The first-order valence-corrected chi connectivity index (χ1v) is 12.0. The third-order valence-electron chi connectivity index (χ3n) is 6.72. The summed E-state index contributed by atoms with van der Waals surface area (Å²) in [5.41, 5.74) is 5.85. The molecule has 2 atom stereocenters.